The Morgan fingerprint density at radius 1 is 0.959 bits per heavy atom. The van der Waals surface area contributed by atoms with Crippen LogP contribution < -0.4 is 10.0 Å². The fourth-order valence-corrected chi connectivity index (χ4v) is 7.41. The van der Waals surface area contributed by atoms with E-state index in [2.05, 4.69) is 69.1 Å². The molecular weight excluding hydrogens is 629 g/mol. The van der Waals surface area contributed by atoms with Gasteiger partial charge in [-0.1, -0.05) is 89.9 Å². The zero-order valence-electron chi connectivity index (χ0n) is 30.5. The van der Waals surface area contributed by atoms with Gasteiger partial charge in [-0.05, 0) is 62.2 Å². The fraction of sp³-hybridized carbons (Fsp3) is 0.450. The number of nitrogens with zero attached hydrogens (tertiary/aromatic N) is 4. The maximum atomic E-state index is 14.2. The van der Waals surface area contributed by atoms with Gasteiger partial charge >= 0.3 is 0 Å². The first-order valence-corrected chi connectivity index (χ1v) is 18.8. The van der Waals surface area contributed by atoms with Gasteiger partial charge in [0, 0.05) is 72.5 Å². The molecule has 2 aliphatic heterocycles. The van der Waals surface area contributed by atoms with Crippen molar-refractivity contribution in [3.8, 4) is 11.3 Å². The van der Waals surface area contributed by atoms with Crippen LogP contribution in [0.3, 0.4) is 0 Å². The van der Waals surface area contributed by atoms with E-state index in [-0.39, 0.29) is 11.8 Å². The average molecular weight is 685 g/mol. The third kappa shape index (κ3) is 8.62. The predicted molar refractivity (Wildman–Crippen MR) is 208 cm³/mol. The number of rotatable bonds is 9. The molecule has 0 spiro atoms. The lowest BCUT2D eigenvalue weighted by Crippen LogP contribution is -2.50. The molecule has 1 saturated carbocycles. The number of hydrogen-bond donors (Lipinski definition) is 2. The van der Waals surface area contributed by atoms with E-state index in [0.29, 0.717) is 37.7 Å². The van der Waals surface area contributed by atoms with Crippen LogP contribution in [0.25, 0.3) is 28.2 Å². The highest BCUT2D eigenvalue weighted by molar-refractivity contribution is 7.95. The number of carbonyl (C=O) groups is 2. The molecule has 264 valence electrons. The van der Waals surface area contributed by atoms with Crippen molar-refractivity contribution in [3.05, 3.63) is 89.8 Å². The highest BCUT2D eigenvalue weighted by Gasteiger charge is 2.32. The quantitative estimate of drug-likeness (QED) is 0.176. The molecule has 3 aromatic rings. The highest BCUT2D eigenvalue weighted by Crippen LogP contribution is 2.46. The van der Waals surface area contributed by atoms with Crippen LogP contribution in [0, 0.1) is 0 Å². The van der Waals surface area contributed by atoms with Gasteiger partial charge in [0.1, 0.15) is 0 Å². The third-order valence-corrected chi connectivity index (χ3v) is 9.89. The Bertz CT molecular complexity index is 1640. The molecule has 0 bridgehead atoms. The van der Waals surface area contributed by atoms with Gasteiger partial charge in [0.15, 0.2) is 0 Å². The van der Waals surface area contributed by atoms with Gasteiger partial charge in [-0.25, -0.2) is 4.31 Å². The van der Waals surface area contributed by atoms with Gasteiger partial charge in [-0.3, -0.25) is 14.3 Å². The standard InChI is InChI=1S/C36H44N6O2S.2C2H6/c1-5-17-37-25(2)40-18-20-41(21-19-40)36(44)29-22-27-13-9-10-14-30(27)34-33(26-11-7-6-8-12-26)31-16-15-28(23-32(31)42(34)24-29)35(43)38-45-39(3)4;2*1-2/h5,9-10,13-16,22-23,26,37H,1-2,6-8,11-12,17-21,24H2,3-4H3,(H,38,43);2*1-2H3. The largest absolute Gasteiger partial charge is 0.369 e. The molecule has 1 aromatic heterocycles. The first-order valence-electron chi connectivity index (χ1n) is 18.0. The summed E-state index contributed by atoms with van der Waals surface area (Å²) in [5.74, 6) is 1.25. The number of aromatic nitrogens is 1. The van der Waals surface area contributed by atoms with Crippen molar-refractivity contribution < 1.29 is 9.59 Å². The first-order chi connectivity index (χ1) is 23.9. The van der Waals surface area contributed by atoms with Gasteiger partial charge in [0.05, 0.1) is 18.1 Å². The molecule has 0 atom stereocenters. The topological polar surface area (TPSA) is 72.8 Å². The van der Waals surface area contributed by atoms with Gasteiger partial charge in [0.2, 0.25) is 0 Å². The molecule has 49 heavy (non-hydrogen) atoms. The summed E-state index contributed by atoms with van der Waals surface area (Å²) >= 11 is 1.27. The molecule has 3 heterocycles. The van der Waals surface area contributed by atoms with E-state index in [1.54, 1.807) is 0 Å². The van der Waals surface area contributed by atoms with Crippen LogP contribution in [0.4, 0.5) is 0 Å². The smallest absolute Gasteiger partial charge is 0.262 e. The second-order valence-electron chi connectivity index (χ2n) is 12.4. The predicted octanol–water partition coefficient (Wildman–Crippen LogP) is 8.05. The Morgan fingerprint density at radius 2 is 1.63 bits per heavy atom. The molecule has 0 radical (unpaired) electrons. The monoisotopic (exact) mass is 684 g/mol. The van der Waals surface area contributed by atoms with E-state index in [9.17, 15) is 9.59 Å². The van der Waals surface area contributed by atoms with E-state index in [1.165, 1.54) is 48.0 Å². The van der Waals surface area contributed by atoms with Crippen molar-refractivity contribution in [1.29, 1.82) is 0 Å². The molecule has 8 nitrogen and oxygen atoms in total. The molecule has 1 aliphatic carbocycles. The number of amides is 2. The number of hydrogen-bond acceptors (Lipinski definition) is 6. The van der Waals surface area contributed by atoms with Crippen molar-refractivity contribution in [1.82, 2.24) is 28.7 Å². The Morgan fingerprint density at radius 3 is 2.31 bits per heavy atom. The zero-order chi connectivity index (χ0) is 35.5. The first kappa shape index (κ1) is 37.9. The lowest BCUT2D eigenvalue weighted by molar-refractivity contribution is -0.128. The van der Waals surface area contributed by atoms with Crippen LogP contribution in [-0.2, 0) is 11.3 Å². The summed E-state index contributed by atoms with van der Waals surface area (Å²) in [4.78, 5) is 31.6. The molecule has 2 amide bonds. The summed E-state index contributed by atoms with van der Waals surface area (Å²) in [6.45, 7) is 19.8. The normalized spacial score (nSPS) is 15.8. The Labute approximate surface area is 298 Å². The molecular formula is C40H56N6O2S. The number of piperazine rings is 1. The fourth-order valence-electron chi connectivity index (χ4n) is 7.02. The van der Waals surface area contributed by atoms with Crippen LogP contribution in [0.2, 0.25) is 0 Å². The SMILES string of the molecule is C=CCNC(=C)N1CCN(C(=O)C2=Cc3ccccc3-c3c(C4CCCCC4)c4ccc(C(=O)NSN(C)C)cc4n3C2)CC1.CC.CC. The van der Waals surface area contributed by atoms with Crippen molar-refractivity contribution >= 4 is 40.9 Å². The molecule has 2 aromatic carbocycles. The summed E-state index contributed by atoms with van der Waals surface area (Å²) in [5, 5.41) is 4.47. The molecule has 6 rings (SSSR count). The number of carbonyl (C=O) groups excluding carboxylic acids is 2. The minimum absolute atomic E-state index is 0.0688. The van der Waals surface area contributed by atoms with E-state index in [4.69, 9.17) is 0 Å². The second kappa shape index (κ2) is 18.2. The van der Waals surface area contributed by atoms with Crippen molar-refractivity contribution in [2.75, 3.05) is 46.8 Å². The van der Waals surface area contributed by atoms with E-state index in [1.807, 2.05) is 69.2 Å². The maximum Gasteiger partial charge on any atom is 0.262 e. The van der Waals surface area contributed by atoms with Crippen LogP contribution in [-0.4, -0.2) is 77.3 Å². The van der Waals surface area contributed by atoms with Gasteiger partial charge in [-0.15, -0.1) is 6.58 Å². The van der Waals surface area contributed by atoms with Crippen LogP contribution in [0.1, 0.15) is 87.2 Å². The maximum absolute atomic E-state index is 14.2. The molecule has 2 N–H and O–H groups in total. The third-order valence-electron chi connectivity index (χ3n) is 9.25. The zero-order valence-corrected chi connectivity index (χ0v) is 31.3. The van der Waals surface area contributed by atoms with Crippen LogP contribution in [0.5, 0.6) is 0 Å². The van der Waals surface area contributed by atoms with Crippen LogP contribution in [0.15, 0.2) is 73.1 Å². The van der Waals surface area contributed by atoms with Gasteiger partial charge < -0.3 is 19.7 Å². The van der Waals surface area contributed by atoms with Crippen molar-refractivity contribution in [2.45, 2.75) is 72.3 Å². The summed E-state index contributed by atoms with van der Waals surface area (Å²) in [6.07, 6.45) is 9.97. The van der Waals surface area contributed by atoms with Gasteiger partial charge in [0.25, 0.3) is 11.8 Å². The summed E-state index contributed by atoms with van der Waals surface area (Å²) in [6, 6.07) is 14.6. The number of fused-ring (bicyclic) bond motifs is 5. The van der Waals surface area contributed by atoms with Crippen molar-refractivity contribution in [3.63, 3.8) is 0 Å². The minimum atomic E-state index is -0.131. The van der Waals surface area contributed by atoms with E-state index >= 15 is 0 Å². The lowest BCUT2D eigenvalue weighted by Gasteiger charge is -2.37. The van der Waals surface area contributed by atoms with Crippen molar-refractivity contribution in [2.24, 2.45) is 0 Å². The molecule has 9 heteroatoms. The minimum Gasteiger partial charge on any atom is -0.369 e. The van der Waals surface area contributed by atoms with E-state index in [0.717, 1.165) is 54.0 Å². The second-order valence-corrected chi connectivity index (χ2v) is 13.5. The Kier molecular flexibility index (Phi) is 14.0. The molecule has 0 unspecified atom stereocenters. The van der Waals surface area contributed by atoms with Gasteiger partial charge in [-0.2, -0.15) is 0 Å². The lowest BCUT2D eigenvalue weighted by atomic mass is 9.81. The summed E-state index contributed by atoms with van der Waals surface area (Å²) in [5.41, 5.74) is 7.18. The van der Waals surface area contributed by atoms with Crippen LogP contribution >= 0.6 is 12.1 Å². The molecule has 3 aliphatic rings. The average Bonchev–Trinajstić information content (AvgIpc) is 3.36. The Hall–Kier alpha value is -3.95. The van der Waals surface area contributed by atoms with E-state index < -0.39 is 0 Å². The highest BCUT2D eigenvalue weighted by atomic mass is 32.2. The number of nitrogens with one attached hydrogen (secondary N) is 2. The summed E-state index contributed by atoms with van der Waals surface area (Å²) in [7, 11) is 3.80. The Balaban J connectivity index is 0.00000130. The number of benzene rings is 2. The summed E-state index contributed by atoms with van der Waals surface area (Å²) < 4.78 is 7.11. The molecule has 1 saturated heterocycles. The molecule has 2 fully saturated rings.